The minimum Gasteiger partial charge on any atom is -0.384 e. The summed E-state index contributed by atoms with van der Waals surface area (Å²) in [7, 11) is 0. The molecule has 0 aliphatic heterocycles. The second-order valence-electron chi connectivity index (χ2n) is 6.05. The lowest BCUT2D eigenvalue weighted by atomic mass is 9.95. The molecule has 1 aromatic heterocycles. The molecule has 100 valence electrons. The Labute approximate surface area is 114 Å². The van der Waals surface area contributed by atoms with E-state index in [1.54, 1.807) is 0 Å². The lowest BCUT2D eigenvalue weighted by Gasteiger charge is -2.18. The fraction of sp³-hybridized carbons (Fsp3) is 0.375. The van der Waals surface area contributed by atoms with E-state index < -0.39 is 0 Å². The van der Waals surface area contributed by atoms with E-state index in [1.807, 2.05) is 6.07 Å². The monoisotopic (exact) mass is 255 g/mol. The van der Waals surface area contributed by atoms with E-state index in [2.05, 4.69) is 62.8 Å². The van der Waals surface area contributed by atoms with Crippen LogP contribution in [0.5, 0.6) is 0 Å². The lowest BCUT2D eigenvalue weighted by Crippen LogP contribution is -2.17. The standard InChI is InChI=1S/C16H21N3/c1-10-6-7-12(8-11(10)2)13-9-14(17)19-15(18-13)16(3,4)5/h6-9H,1-5H3,(H2,17,18,19). The molecule has 2 rings (SSSR count). The molecule has 0 bridgehead atoms. The highest BCUT2D eigenvalue weighted by molar-refractivity contribution is 5.63. The Balaban J connectivity index is 2.56. The maximum absolute atomic E-state index is 5.91. The van der Waals surface area contributed by atoms with Crippen LogP contribution in [0, 0.1) is 13.8 Å². The van der Waals surface area contributed by atoms with Crippen molar-refractivity contribution >= 4 is 5.82 Å². The van der Waals surface area contributed by atoms with Crippen molar-refractivity contribution in [3.8, 4) is 11.3 Å². The summed E-state index contributed by atoms with van der Waals surface area (Å²) < 4.78 is 0. The fourth-order valence-corrected chi connectivity index (χ4v) is 1.85. The molecule has 0 saturated heterocycles. The number of hydrogen-bond donors (Lipinski definition) is 1. The van der Waals surface area contributed by atoms with Crippen LogP contribution < -0.4 is 5.73 Å². The first-order chi connectivity index (χ1) is 8.77. The predicted octanol–water partition coefficient (Wildman–Crippen LogP) is 3.64. The molecular formula is C16H21N3. The Morgan fingerprint density at radius 2 is 1.63 bits per heavy atom. The molecule has 0 fully saturated rings. The molecule has 0 radical (unpaired) electrons. The summed E-state index contributed by atoms with van der Waals surface area (Å²) >= 11 is 0. The third-order valence-corrected chi connectivity index (χ3v) is 3.22. The van der Waals surface area contributed by atoms with Crippen molar-refractivity contribution in [1.82, 2.24) is 9.97 Å². The molecule has 0 spiro atoms. The molecule has 0 aliphatic carbocycles. The van der Waals surface area contributed by atoms with Crippen molar-refractivity contribution in [2.45, 2.75) is 40.0 Å². The first-order valence-electron chi connectivity index (χ1n) is 6.50. The van der Waals surface area contributed by atoms with Gasteiger partial charge in [0.15, 0.2) is 0 Å². The molecule has 0 atom stereocenters. The molecule has 0 aliphatic rings. The molecule has 0 unspecified atom stereocenters. The van der Waals surface area contributed by atoms with E-state index in [1.165, 1.54) is 11.1 Å². The molecule has 3 heteroatoms. The quantitative estimate of drug-likeness (QED) is 0.846. The van der Waals surface area contributed by atoms with E-state index in [-0.39, 0.29) is 5.41 Å². The van der Waals surface area contributed by atoms with Gasteiger partial charge in [0.2, 0.25) is 0 Å². The van der Waals surface area contributed by atoms with E-state index >= 15 is 0 Å². The topological polar surface area (TPSA) is 51.8 Å². The maximum atomic E-state index is 5.91. The summed E-state index contributed by atoms with van der Waals surface area (Å²) in [5.41, 5.74) is 10.3. The third-order valence-electron chi connectivity index (χ3n) is 3.22. The summed E-state index contributed by atoms with van der Waals surface area (Å²) in [5, 5.41) is 0. The minimum absolute atomic E-state index is 0.107. The Morgan fingerprint density at radius 1 is 0.947 bits per heavy atom. The molecule has 0 saturated carbocycles. The van der Waals surface area contributed by atoms with E-state index in [0.29, 0.717) is 5.82 Å². The second-order valence-corrected chi connectivity index (χ2v) is 6.05. The highest BCUT2D eigenvalue weighted by Gasteiger charge is 2.19. The zero-order valence-corrected chi connectivity index (χ0v) is 12.3. The van der Waals surface area contributed by atoms with Gasteiger partial charge in [0.25, 0.3) is 0 Å². The van der Waals surface area contributed by atoms with Gasteiger partial charge in [-0.25, -0.2) is 9.97 Å². The molecule has 3 nitrogen and oxygen atoms in total. The number of aryl methyl sites for hydroxylation is 2. The van der Waals surface area contributed by atoms with Gasteiger partial charge in [-0.3, -0.25) is 0 Å². The number of benzene rings is 1. The van der Waals surface area contributed by atoms with Gasteiger partial charge < -0.3 is 5.73 Å². The lowest BCUT2D eigenvalue weighted by molar-refractivity contribution is 0.547. The number of hydrogen-bond acceptors (Lipinski definition) is 3. The molecule has 2 N–H and O–H groups in total. The Hall–Kier alpha value is -1.90. The van der Waals surface area contributed by atoms with E-state index in [4.69, 9.17) is 5.73 Å². The zero-order chi connectivity index (χ0) is 14.2. The van der Waals surface area contributed by atoms with Crippen molar-refractivity contribution < 1.29 is 0 Å². The average Bonchev–Trinajstić information content (AvgIpc) is 2.31. The molecule has 1 heterocycles. The van der Waals surface area contributed by atoms with E-state index in [0.717, 1.165) is 17.1 Å². The van der Waals surface area contributed by atoms with Gasteiger partial charge >= 0.3 is 0 Å². The number of nitrogens with two attached hydrogens (primary N) is 1. The van der Waals surface area contributed by atoms with Crippen molar-refractivity contribution in [1.29, 1.82) is 0 Å². The summed E-state index contributed by atoms with van der Waals surface area (Å²) in [5.74, 6) is 1.30. The number of aromatic nitrogens is 2. The van der Waals surface area contributed by atoms with Gasteiger partial charge in [-0.1, -0.05) is 32.9 Å². The summed E-state index contributed by atoms with van der Waals surface area (Å²) in [6, 6.07) is 8.17. The molecule has 19 heavy (non-hydrogen) atoms. The first kappa shape index (κ1) is 13.5. The van der Waals surface area contributed by atoms with Crippen LogP contribution in [0.2, 0.25) is 0 Å². The average molecular weight is 255 g/mol. The van der Waals surface area contributed by atoms with Crippen LogP contribution in [0.25, 0.3) is 11.3 Å². The predicted molar refractivity (Wildman–Crippen MR) is 80.1 cm³/mol. The van der Waals surface area contributed by atoms with Crippen LogP contribution >= 0.6 is 0 Å². The summed E-state index contributed by atoms with van der Waals surface area (Å²) in [6.07, 6.45) is 0. The first-order valence-corrected chi connectivity index (χ1v) is 6.50. The highest BCUT2D eigenvalue weighted by Crippen LogP contribution is 2.25. The number of nitrogens with zero attached hydrogens (tertiary/aromatic N) is 2. The number of rotatable bonds is 1. The largest absolute Gasteiger partial charge is 0.384 e. The molecule has 1 aromatic carbocycles. The zero-order valence-electron chi connectivity index (χ0n) is 12.3. The van der Waals surface area contributed by atoms with Gasteiger partial charge in [-0.15, -0.1) is 0 Å². The van der Waals surface area contributed by atoms with E-state index in [9.17, 15) is 0 Å². The van der Waals surface area contributed by atoms with Crippen LogP contribution in [-0.2, 0) is 5.41 Å². The van der Waals surface area contributed by atoms with Crippen molar-refractivity contribution in [3.63, 3.8) is 0 Å². The van der Waals surface area contributed by atoms with Crippen LogP contribution in [0.15, 0.2) is 24.3 Å². The molecule has 2 aromatic rings. The highest BCUT2D eigenvalue weighted by atomic mass is 15.0. The normalized spacial score (nSPS) is 11.6. The van der Waals surface area contributed by atoms with Crippen molar-refractivity contribution in [3.05, 3.63) is 41.2 Å². The van der Waals surface area contributed by atoms with Gasteiger partial charge in [-0.05, 0) is 31.0 Å². The molecular weight excluding hydrogens is 234 g/mol. The molecule has 0 amide bonds. The van der Waals surface area contributed by atoms with Gasteiger partial charge in [0, 0.05) is 17.0 Å². The fourth-order valence-electron chi connectivity index (χ4n) is 1.85. The van der Waals surface area contributed by atoms with Crippen molar-refractivity contribution in [2.75, 3.05) is 5.73 Å². The number of nitrogen functional groups attached to an aromatic ring is 1. The summed E-state index contributed by atoms with van der Waals surface area (Å²) in [4.78, 5) is 8.99. The Kier molecular flexibility index (Phi) is 3.31. The third kappa shape index (κ3) is 2.92. The second kappa shape index (κ2) is 4.65. The number of anilines is 1. The summed E-state index contributed by atoms with van der Waals surface area (Å²) in [6.45, 7) is 10.5. The Morgan fingerprint density at radius 3 is 2.21 bits per heavy atom. The van der Waals surface area contributed by atoms with Crippen molar-refractivity contribution in [2.24, 2.45) is 0 Å². The van der Waals surface area contributed by atoms with Crippen LogP contribution in [0.1, 0.15) is 37.7 Å². The smallest absolute Gasteiger partial charge is 0.136 e. The van der Waals surface area contributed by atoms with Crippen LogP contribution in [0.4, 0.5) is 5.82 Å². The van der Waals surface area contributed by atoms with Crippen LogP contribution in [0.3, 0.4) is 0 Å². The van der Waals surface area contributed by atoms with Gasteiger partial charge in [0.05, 0.1) is 5.69 Å². The Bertz CT molecular complexity index is 610. The minimum atomic E-state index is -0.107. The maximum Gasteiger partial charge on any atom is 0.136 e. The van der Waals surface area contributed by atoms with Gasteiger partial charge in [0.1, 0.15) is 11.6 Å². The van der Waals surface area contributed by atoms with Gasteiger partial charge in [-0.2, -0.15) is 0 Å². The SMILES string of the molecule is Cc1ccc(-c2cc(N)nc(C(C)(C)C)n2)cc1C. The van der Waals surface area contributed by atoms with Crippen LogP contribution in [-0.4, -0.2) is 9.97 Å².